The molecule has 2 aromatic heterocycles. The summed E-state index contributed by atoms with van der Waals surface area (Å²) in [5.74, 6) is 1.42. The first-order chi connectivity index (χ1) is 17.6. The Labute approximate surface area is 209 Å². The summed E-state index contributed by atoms with van der Waals surface area (Å²) in [6, 6.07) is 10.3. The van der Waals surface area contributed by atoms with Crippen molar-refractivity contribution in [2.45, 2.75) is 12.8 Å². The molecule has 3 aromatic rings. The molecule has 11 heteroatoms. The molecule has 0 radical (unpaired) electrons. The molecule has 0 spiro atoms. The van der Waals surface area contributed by atoms with Gasteiger partial charge in [0, 0.05) is 56.6 Å². The van der Waals surface area contributed by atoms with Crippen LogP contribution in [0, 0.1) is 23.8 Å². The van der Waals surface area contributed by atoms with Gasteiger partial charge in [0.15, 0.2) is 0 Å². The van der Waals surface area contributed by atoms with Crippen LogP contribution in [0.2, 0.25) is 0 Å². The van der Waals surface area contributed by atoms with E-state index in [1.165, 1.54) is 0 Å². The van der Waals surface area contributed by atoms with Crippen LogP contribution in [0.1, 0.15) is 12.8 Å². The standard InChI is InChI=1S/C25H28N10O/c1-27-16-18-6-9-35(10-7-18)25-30-21-17-28-32-24(36)22(21)23(31-25)29-19-2-4-20(5-3-19)34-14-12-33(11-8-26)13-15-34/h2-5,17-18H,6-7,9-16H2,(H,32,36)(H,29,30,31). The molecular weight excluding hydrogens is 456 g/mol. The van der Waals surface area contributed by atoms with Gasteiger partial charge in [0.25, 0.3) is 5.56 Å². The van der Waals surface area contributed by atoms with Crippen molar-refractivity contribution in [1.29, 1.82) is 5.26 Å². The second-order valence-corrected chi connectivity index (χ2v) is 9.20. The van der Waals surface area contributed by atoms with E-state index in [1.807, 2.05) is 12.1 Å². The number of nitrogens with one attached hydrogen (secondary N) is 2. The van der Waals surface area contributed by atoms with E-state index in [4.69, 9.17) is 16.8 Å². The maximum absolute atomic E-state index is 12.6. The number of aromatic amines is 1. The van der Waals surface area contributed by atoms with Crippen LogP contribution in [0.3, 0.4) is 0 Å². The Balaban J connectivity index is 1.35. The summed E-state index contributed by atoms with van der Waals surface area (Å²) in [7, 11) is 0. The van der Waals surface area contributed by atoms with Crippen molar-refractivity contribution < 1.29 is 0 Å². The van der Waals surface area contributed by atoms with E-state index in [0.29, 0.717) is 41.7 Å². The number of nitrogens with zero attached hydrogens (tertiary/aromatic N) is 8. The van der Waals surface area contributed by atoms with E-state index < -0.39 is 0 Å². The average molecular weight is 485 g/mol. The molecule has 5 rings (SSSR count). The van der Waals surface area contributed by atoms with Crippen LogP contribution in [0.5, 0.6) is 0 Å². The molecule has 2 aliphatic rings. The fourth-order valence-electron chi connectivity index (χ4n) is 4.82. The smallest absolute Gasteiger partial charge is 0.277 e. The molecular formula is C25H28N10O. The van der Waals surface area contributed by atoms with Gasteiger partial charge in [-0.1, -0.05) is 0 Å². The van der Waals surface area contributed by atoms with Crippen molar-refractivity contribution in [2.75, 3.05) is 67.5 Å². The molecule has 2 fully saturated rings. The molecule has 0 aliphatic carbocycles. The molecule has 0 amide bonds. The number of H-pyrrole nitrogens is 1. The number of hydrogen-bond donors (Lipinski definition) is 2. The van der Waals surface area contributed by atoms with Crippen molar-refractivity contribution >= 4 is 34.0 Å². The molecule has 2 N–H and O–H groups in total. The first-order valence-corrected chi connectivity index (χ1v) is 12.2. The van der Waals surface area contributed by atoms with Crippen LogP contribution in [0.25, 0.3) is 15.7 Å². The van der Waals surface area contributed by atoms with Gasteiger partial charge in [-0.3, -0.25) is 9.69 Å². The molecule has 0 atom stereocenters. The van der Waals surface area contributed by atoms with Gasteiger partial charge in [-0.2, -0.15) is 15.3 Å². The van der Waals surface area contributed by atoms with Crippen LogP contribution in [0.4, 0.5) is 23.1 Å². The summed E-state index contributed by atoms with van der Waals surface area (Å²) in [4.78, 5) is 32.1. The number of nitriles is 1. The topological polar surface area (TPSA) is 121 Å². The normalized spacial score (nSPS) is 17.1. The first-order valence-electron chi connectivity index (χ1n) is 12.2. The Hall–Kier alpha value is -4.22. The third-order valence-corrected chi connectivity index (χ3v) is 6.91. The highest BCUT2D eigenvalue weighted by molar-refractivity contribution is 5.90. The lowest BCUT2D eigenvalue weighted by Crippen LogP contribution is -2.46. The molecule has 4 heterocycles. The molecule has 1 aromatic carbocycles. The molecule has 0 unspecified atom stereocenters. The highest BCUT2D eigenvalue weighted by atomic mass is 16.1. The second kappa shape index (κ2) is 10.6. The Morgan fingerprint density at radius 2 is 1.83 bits per heavy atom. The average Bonchev–Trinajstić information content (AvgIpc) is 2.90. The van der Waals surface area contributed by atoms with Crippen LogP contribution in [-0.2, 0) is 0 Å². The molecule has 2 saturated heterocycles. The van der Waals surface area contributed by atoms with Gasteiger partial charge >= 0.3 is 0 Å². The number of rotatable bonds is 6. The largest absolute Gasteiger partial charge is 0.369 e. The molecule has 0 bridgehead atoms. The van der Waals surface area contributed by atoms with Crippen LogP contribution < -0.4 is 20.7 Å². The van der Waals surface area contributed by atoms with E-state index in [1.54, 1.807) is 6.20 Å². The monoisotopic (exact) mass is 484 g/mol. The number of fused-ring (bicyclic) bond motifs is 1. The van der Waals surface area contributed by atoms with Gasteiger partial charge < -0.3 is 20.0 Å². The zero-order valence-corrected chi connectivity index (χ0v) is 20.0. The zero-order chi connectivity index (χ0) is 24.9. The molecule has 2 aliphatic heterocycles. The van der Waals surface area contributed by atoms with Crippen molar-refractivity contribution in [3.05, 3.63) is 52.2 Å². The van der Waals surface area contributed by atoms with Gasteiger partial charge in [-0.15, -0.1) is 0 Å². The lowest BCUT2D eigenvalue weighted by molar-refractivity contribution is 0.287. The number of piperidine rings is 1. The van der Waals surface area contributed by atoms with E-state index >= 15 is 0 Å². The van der Waals surface area contributed by atoms with Crippen molar-refractivity contribution in [3.63, 3.8) is 0 Å². The summed E-state index contributed by atoms with van der Waals surface area (Å²) >= 11 is 0. The zero-order valence-electron chi connectivity index (χ0n) is 20.0. The fourth-order valence-corrected chi connectivity index (χ4v) is 4.82. The minimum Gasteiger partial charge on any atom is -0.369 e. The molecule has 184 valence electrons. The van der Waals surface area contributed by atoms with Gasteiger partial charge in [-0.05, 0) is 37.1 Å². The van der Waals surface area contributed by atoms with Crippen molar-refractivity contribution in [3.8, 4) is 6.07 Å². The highest BCUT2D eigenvalue weighted by Gasteiger charge is 2.24. The number of aromatic nitrogens is 4. The highest BCUT2D eigenvalue weighted by Crippen LogP contribution is 2.28. The predicted octanol–water partition coefficient (Wildman–Crippen LogP) is 2.24. The number of hydrogen-bond acceptors (Lipinski definition) is 9. The van der Waals surface area contributed by atoms with Gasteiger partial charge in [0.05, 0.1) is 18.8 Å². The predicted molar refractivity (Wildman–Crippen MR) is 138 cm³/mol. The maximum atomic E-state index is 12.6. The second-order valence-electron chi connectivity index (χ2n) is 9.20. The summed E-state index contributed by atoms with van der Waals surface area (Å²) in [6.45, 7) is 13.2. The molecule has 0 saturated carbocycles. The number of piperazine rings is 1. The third-order valence-electron chi connectivity index (χ3n) is 6.91. The van der Waals surface area contributed by atoms with E-state index in [9.17, 15) is 4.79 Å². The lowest BCUT2D eigenvalue weighted by atomic mass is 9.97. The minimum absolute atomic E-state index is 0.343. The van der Waals surface area contributed by atoms with E-state index in [0.717, 1.165) is 63.5 Å². The van der Waals surface area contributed by atoms with Crippen LogP contribution in [0.15, 0.2) is 35.3 Å². The number of anilines is 4. The first kappa shape index (κ1) is 23.5. The molecule has 11 nitrogen and oxygen atoms in total. The van der Waals surface area contributed by atoms with Crippen LogP contribution >= 0.6 is 0 Å². The van der Waals surface area contributed by atoms with E-state index in [-0.39, 0.29) is 5.56 Å². The third kappa shape index (κ3) is 5.07. The van der Waals surface area contributed by atoms with Gasteiger partial charge in [-0.25, -0.2) is 16.7 Å². The fraction of sp³-hybridized carbons (Fsp3) is 0.440. The summed E-state index contributed by atoms with van der Waals surface area (Å²) in [5.41, 5.74) is 2.08. The summed E-state index contributed by atoms with van der Waals surface area (Å²) in [6.07, 6.45) is 3.40. The Bertz CT molecular complexity index is 1340. The maximum Gasteiger partial charge on any atom is 0.277 e. The minimum atomic E-state index is -0.343. The Morgan fingerprint density at radius 3 is 2.53 bits per heavy atom. The Kier molecular flexibility index (Phi) is 6.92. The number of benzene rings is 1. The van der Waals surface area contributed by atoms with E-state index in [2.05, 4.69) is 58.2 Å². The summed E-state index contributed by atoms with van der Waals surface area (Å²) < 4.78 is 0. The van der Waals surface area contributed by atoms with Crippen molar-refractivity contribution in [1.82, 2.24) is 25.1 Å². The van der Waals surface area contributed by atoms with Crippen LogP contribution in [-0.4, -0.2) is 77.4 Å². The van der Waals surface area contributed by atoms with Gasteiger partial charge in [0.2, 0.25) is 12.5 Å². The SMILES string of the molecule is [C-]#[N+]CC1CCN(c2nc(Nc3ccc(N4CCN(CC#N)CC4)cc3)c3c(=O)[nH]ncc3n2)CC1. The summed E-state index contributed by atoms with van der Waals surface area (Å²) in [5, 5.41) is 19.0. The lowest BCUT2D eigenvalue weighted by Gasteiger charge is -2.35. The van der Waals surface area contributed by atoms with Crippen molar-refractivity contribution in [2.24, 2.45) is 5.92 Å². The van der Waals surface area contributed by atoms with Gasteiger partial charge in [0.1, 0.15) is 16.7 Å². The quantitative estimate of drug-likeness (QED) is 0.401. The molecule has 36 heavy (non-hydrogen) atoms. The Morgan fingerprint density at radius 1 is 1.08 bits per heavy atom.